The predicted molar refractivity (Wildman–Crippen MR) is 165 cm³/mol. The molecule has 1 unspecified atom stereocenters. The van der Waals surface area contributed by atoms with E-state index in [0.717, 1.165) is 60.6 Å². The van der Waals surface area contributed by atoms with E-state index < -0.39 is 0 Å². The van der Waals surface area contributed by atoms with Crippen LogP contribution < -0.4 is 15.8 Å². The summed E-state index contributed by atoms with van der Waals surface area (Å²) < 4.78 is 0. The van der Waals surface area contributed by atoms with Gasteiger partial charge in [-0.05, 0) is 48.2 Å². The molecule has 0 aliphatic carbocycles. The Morgan fingerprint density at radius 2 is 1.66 bits per heavy atom. The van der Waals surface area contributed by atoms with Gasteiger partial charge in [-0.3, -0.25) is 9.69 Å². The number of nitrogens with one attached hydrogen (secondary N) is 3. The van der Waals surface area contributed by atoms with E-state index in [4.69, 9.17) is 4.98 Å². The molecule has 8 nitrogen and oxygen atoms in total. The Bertz CT molecular complexity index is 1660. The lowest BCUT2D eigenvalue weighted by Gasteiger charge is -2.36. The maximum atomic E-state index is 13.1. The number of aromatic nitrogens is 3. The van der Waals surface area contributed by atoms with Gasteiger partial charge in [0.15, 0.2) is 0 Å². The summed E-state index contributed by atoms with van der Waals surface area (Å²) in [5.74, 6) is 0.508. The molecule has 3 heterocycles. The third-order valence-electron chi connectivity index (χ3n) is 7.85. The number of aryl methyl sites for hydroxylation is 1. The fourth-order valence-electron chi connectivity index (χ4n) is 5.69. The van der Waals surface area contributed by atoms with Gasteiger partial charge >= 0.3 is 0 Å². The highest BCUT2D eigenvalue weighted by molar-refractivity contribution is 5.87. The summed E-state index contributed by atoms with van der Waals surface area (Å²) in [6.45, 7) is 6.89. The minimum Gasteiger partial charge on any atom is -0.394 e. The molecule has 6 rings (SSSR count). The number of nitrogens with zero attached hydrogens (tertiary/aromatic N) is 3. The van der Waals surface area contributed by atoms with E-state index >= 15 is 0 Å². The summed E-state index contributed by atoms with van der Waals surface area (Å²) >= 11 is 0. The van der Waals surface area contributed by atoms with E-state index in [1.807, 2.05) is 36.4 Å². The van der Waals surface area contributed by atoms with Crippen LogP contribution in [-0.2, 0) is 13.0 Å². The average molecular weight is 549 g/mol. The molecule has 0 bridgehead atoms. The highest BCUT2D eigenvalue weighted by Crippen LogP contribution is 2.30. The van der Waals surface area contributed by atoms with E-state index in [0.29, 0.717) is 23.5 Å². The van der Waals surface area contributed by atoms with Gasteiger partial charge in [0.25, 0.3) is 5.56 Å². The highest BCUT2D eigenvalue weighted by Gasteiger charge is 2.21. The van der Waals surface area contributed by atoms with Crippen LogP contribution in [0.15, 0.2) is 89.9 Å². The molecular formula is C33H36N6O2. The van der Waals surface area contributed by atoms with Crippen molar-refractivity contribution in [2.24, 2.45) is 0 Å². The smallest absolute Gasteiger partial charge is 0.261 e. The summed E-state index contributed by atoms with van der Waals surface area (Å²) in [5.41, 5.74) is 7.26. The van der Waals surface area contributed by atoms with Crippen LogP contribution in [0.3, 0.4) is 0 Å². The number of H-pyrrole nitrogens is 2. The normalized spacial score (nSPS) is 14.8. The first-order valence-corrected chi connectivity index (χ1v) is 14.2. The number of aliphatic hydroxyl groups is 1. The minimum atomic E-state index is -0.253. The Morgan fingerprint density at radius 1 is 0.951 bits per heavy atom. The lowest BCUT2D eigenvalue weighted by atomic mass is 10.1. The van der Waals surface area contributed by atoms with Crippen molar-refractivity contribution in [2.45, 2.75) is 25.9 Å². The number of benzene rings is 3. The minimum absolute atomic E-state index is 0.0671. The molecule has 4 N–H and O–H groups in total. The van der Waals surface area contributed by atoms with Crippen molar-refractivity contribution in [3.05, 3.63) is 112 Å². The quantitative estimate of drug-likeness (QED) is 0.215. The van der Waals surface area contributed by atoms with Gasteiger partial charge in [-0.15, -0.1) is 0 Å². The summed E-state index contributed by atoms with van der Waals surface area (Å²) in [6, 6.07) is 26.5. The van der Waals surface area contributed by atoms with E-state index in [2.05, 4.69) is 74.5 Å². The predicted octanol–water partition coefficient (Wildman–Crippen LogP) is 4.56. The fraction of sp³-hybridized carbons (Fsp3) is 0.273. The Balaban J connectivity index is 1.22. The highest BCUT2D eigenvalue weighted by atomic mass is 16.3. The first-order chi connectivity index (χ1) is 20.1. The van der Waals surface area contributed by atoms with Gasteiger partial charge in [-0.2, -0.15) is 0 Å². The Hall–Kier alpha value is -4.40. The lowest BCUT2D eigenvalue weighted by molar-refractivity contribution is 0.250. The molecule has 1 aliphatic heterocycles. The van der Waals surface area contributed by atoms with E-state index in [-0.39, 0.29) is 18.2 Å². The van der Waals surface area contributed by atoms with Crippen molar-refractivity contribution >= 4 is 22.4 Å². The van der Waals surface area contributed by atoms with Gasteiger partial charge in [0.2, 0.25) is 0 Å². The molecule has 0 saturated carbocycles. The molecule has 2 aromatic heterocycles. The van der Waals surface area contributed by atoms with Gasteiger partial charge in [0.1, 0.15) is 11.4 Å². The average Bonchev–Trinajstić information content (AvgIpc) is 3.43. The molecular weight excluding hydrogens is 512 g/mol. The van der Waals surface area contributed by atoms with Crippen LogP contribution >= 0.6 is 0 Å². The van der Waals surface area contributed by atoms with Gasteiger partial charge < -0.3 is 25.3 Å². The fourth-order valence-corrected chi connectivity index (χ4v) is 5.69. The molecule has 3 aromatic carbocycles. The van der Waals surface area contributed by atoms with Crippen LogP contribution in [0.25, 0.3) is 22.4 Å². The summed E-state index contributed by atoms with van der Waals surface area (Å²) in [6.07, 6.45) is 2.25. The zero-order valence-electron chi connectivity index (χ0n) is 23.3. The first-order valence-electron chi connectivity index (χ1n) is 14.2. The third kappa shape index (κ3) is 6.04. The molecule has 0 amide bonds. The summed E-state index contributed by atoms with van der Waals surface area (Å²) in [7, 11) is 0. The van der Waals surface area contributed by atoms with Crippen molar-refractivity contribution in [3.63, 3.8) is 0 Å². The number of aromatic amines is 2. The molecule has 1 atom stereocenters. The standard InChI is InChI=1S/C33H36N6O2/c1-23-18-27(39-16-14-38(15-17-39)21-25-10-6-3-7-11-25)20-29-31(23)37-32(36-29)30-28(12-13-34-33(30)41)35-26(22-40)19-24-8-4-2-5-9-24/h2-13,18,20,26,40H,14-17,19,21-22H2,1H3,(H,36,37)(H2,34,35,41). The van der Waals surface area contributed by atoms with Gasteiger partial charge in [0.05, 0.1) is 29.4 Å². The van der Waals surface area contributed by atoms with Crippen molar-refractivity contribution < 1.29 is 5.11 Å². The largest absolute Gasteiger partial charge is 0.394 e. The molecule has 1 aliphatic rings. The number of rotatable bonds is 9. The second-order valence-electron chi connectivity index (χ2n) is 10.8. The number of fused-ring (bicyclic) bond motifs is 1. The van der Waals surface area contributed by atoms with Crippen LogP contribution in [-0.4, -0.2) is 63.8 Å². The number of hydrogen-bond acceptors (Lipinski definition) is 6. The maximum absolute atomic E-state index is 13.1. The number of piperazine rings is 1. The van der Waals surface area contributed by atoms with Gasteiger partial charge in [-0.25, -0.2) is 4.98 Å². The van der Waals surface area contributed by atoms with Crippen LogP contribution in [0, 0.1) is 6.92 Å². The zero-order valence-corrected chi connectivity index (χ0v) is 23.3. The Kier molecular flexibility index (Phi) is 7.84. The van der Waals surface area contributed by atoms with Gasteiger partial charge in [0, 0.05) is 44.6 Å². The number of aliphatic hydroxyl groups excluding tert-OH is 1. The van der Waals surface area contributed by atoms with Crippen molar-refractivity contribution in [1.29, 1.82) is 0 Å². The molecule has 210 valence electrons. The molecule has 5 aromatic rings. The third-order valence-corrected chi connectivity index (χ3v) is 7.85. The van der Waals surface area contributed by atoms with Crippen molar-refractivity contribution in [2.75, 3.05) is 43.0 Å². The number of anilines is 2. The molecule has 0 radical (unpaired) electrons. The second-order valence-corrected chi connectivity index (χ2v) is 10.8. The van der Waals surface area contributed by atoms with E-state index in [1.165, 1.54) is 5.56 Å². The first kappa shape index (κ1) is 26.8. The van der Waals surface area contributed by atoms with E-state index in [9.17, 15) is 9.90 Å². The molecule has 8 heteroatoms. The molecule has 0 spiro atoms. The zero-order chi connectivity index (χ0) is 28.2. The van der Waals surface area contributed by atoms with Crippen molar-refractivity contribution in [1.82, 2.24) is 19.9 Å². The van der Waals surface area contributed by atoms with Crippen LogP contribution in [0.5, 0.6) is 0 Å². The monoisotopic (exact) mass is 548 g/mol. The SMILES string of the molecule is Cc1cc(N2CCN(Cc3ccccc3)CC2)cc2[nH]c(-c3c(NC(CO)Cc4ccccc4)cc[nH]c3=O)nc12. The lowest BCUT2D eigenvalue weighted by Crippen LogP contribution is -2.46. The van der Waals surface area contributed by atoms with Crippen LogP contribution in [0.2, 0.25) is 0 Å². The molecule has 41 heavy (non-hydrogen) atoms. The topological polar surface area (TPSA) is 100 Å². The Labute approximate surface area is 239 Å². The second kappa shape index (κ2) is 12.0. The molecule has 1 saturated heterocycles. The van der Waals surface area contributed by atoms with Crippen LogP contribution in [0.1, 0.15) is 16.7 Å². The van der Waals surface area contributed by atoms with Crippen LogP contribution in [0.4, 0.5) is 11.4 Å². The Morgan fingerprint density at radius 3 is 2.37 bits per heavy atom. The molecule has 1 fully saturated rings. The number of pyridine rings is 1. The van der Waals surface area contributed by atoms with Gasteiger partial charge in [-0.1, -0.05) is 60.7 Å². The summed E-state index contributed by atoms with van der Waals surface area (Å²) in [5, 5.41) is 13.5. The number of hydrogen-bond donors (Lipinski definition) is 4. The van der Waals surface area contributed by atoms with Crippen molar-refractivity contribution in [3.8, 4) is 11.4 Å². The maximum Gasteiger partial charge on any atom is 0.261 e. The van der Waals surface area contributed by atoms with E-state index in [1.54, 1.807) is 6.20 Å². The number of imidazole rings is 1. The summed E-state index contributed by atoms with van der Waals surface area (Å²) in [4.78, 5) is 29.1.